The monoisotopic (exact) mass is 236 g/mol. The number of anilines is 1. The molecule has 1 aromatic rings. The third-order valence-corrected chi connectivity index (χ3v) is 4.20. The number of sulfonamides is 1. The van der Waals surface area contributed by atoms with Gasteiger partial charge in [-0.25, -0.2) is 0 Å². The average molecular weight is 237 g/mol. The van der Waals surface area contributed by atoms with Gasteiger partial charge in [-0.05, 0) is 13.0 Å². The predicted octanol–water partition coefficient (Wildman–Crippen LogP) is 1.93. The van der Waals surface area contributed by atoms with Crippen LogP contribution < -0.4 is 5.32 Å². The molecule has 1 aromatic heterocycles. The van der Waals surface area contributed by atoms with E-state index in [-0.39, 0.29) is 4.90 Å². The van der Waals surface area contributed by atoms with Crippen LogP contribution in [-0.2, 0) is 10.0 Å². The molecule has 0 spiro atoms. The molecule has 0 radical (unpaired) electrons. The van der Waals surface area contributed by atoms with Gasteiger partial charge in [0.25, 0.3) is 10.0 Å². The van der Waals surface area contributed by atoms with E-state index >= 15 is 0 Å². The van der Waals surface area contributed by atoms with Crippen molar-refractivity contribution in [2.45, 2.75) is 11.8 Å². The fourth-order valence-electron chi connectivity index (χ4n) is 1.04. The number of fused-ring (bicyclic) bond motifs is 1. The van der Waals surface area contributed by atoms with Gasteiger partial charge in [-0.2, -0.15) is 8.42 Å². The van der Waals surface area contributed by atoms with Gasteiger partial charge in [-0.3, -0.25) is 0 Å². The zero-order chi connectivity index (χ0) is 9.64. The lowest BCUT2D eigenvalue weighted by Gasteiger charge is -2.10. The van der Waals surface area contributed by atoms with E-state index in [1.54, 1.807) is 6.92 Å². The van der Waals surface area contributed by atoms with E-state index in [2.05, 4.69) is 9.71 Å². The minimum absolute atomic E-state index is 0.160. The summed E-state index contributed by atoms with van der Waals surface area (Å²) in [7, 11) is -3.52. The SMILES string of the molecule is CC1=NS(=O)(=O)c2cc(Cl)sc2N1. The van der Waals surface area contributed by atoms with E-state index in [1.165, 1.54) is 17.4 Å². The first kappa shape index (κ1) is 8.98. The van der Waals surface area contributed by atoms with E-state index in [0.29, 0.717) is 15.2 Å². The van der Waals surface area contributed by atoms with Gasteiger partial charge in [-0.1, -0.05) is 11.6 Å². The van der Waals surface area contributed by atoms with Crippen LogP contribution in [0.3, 0.4) is 0 Å². The molecule has 0 unspecified atom stereocenters. The number of hydrogen-bond acceptors (Lipinski definition) is 4. The normalized spacial score (nSPS) is 18.8. The molecule has 0 amide bonds. The fraction of sp³-hybridized carbons (Fsp3) is 0.167. The molecule has 1 N–H and O–H groups in total. The van der Waals surface area contributed by atoms with Gasteiger partial charge in [-0.15, -0.1) is 15.7 Å². The molecule has 70 valence electrons. The number of halogens is 1. The third-order valence-electron chi connectivity index (χ3n) is 1.50. The molecule has 2 rings (SSSR count). The number of hydrogen-bond donors (Lipinski definition) is 1. The molecule has 13 heavy (non-hydrogen) atoms. The molecule has 1 aliphatic rings. The van der Waals surface area contributed by atoms with Crippen molar-refractivity contribution in [1.82, 2.24) is 0 Å². The molecule has 0 bridgehead atoms. The van der Waals surface area contributed by atoms with E-state index in [1.807, 2.05) is 0 Å². The Bertz CT molecular complexity index is 489. The van der Waals surface area contributed by atoms with Crippen molar-refractivity contribution < 1.29 is 8.42 Å². The summed E-state index contributed by atoms with van der Waals surface area (Å²) in [6.07, 6.45) is 0. The maximum atomic E-state index is 11.4. The Hall–Kier alpha value is -0.590. The van der Waals surface area contributed by atoms with Crippen molar-refractivity contribution in [1.29, 1.82) is 0 Å². The lowest BCUT2D eigenvalue weighted by atomic mass is 10.6. The Kier molecular flexibility index (Phi) is 1.86. The topological polar surface area (TPSA) is 58.5 Å². The second-order valence-electron chi connectivity index (χ2n) is 2.52. The number of thiophene rings is 1. The molecule has 1 aliphatic heterocycles. The molecule has 0 saturated heterocycles. The maximum absolute atomic E-state index is 11.4. The summed E-state index contributed by atoms with van der Waals surface area (Å²) in [6.45, 7) is 1.59. The average Bonchev–Trinajstić information content (AvgIpc) is 2.28. The van der Waals surface area contributed by atoms with Crippen molar-refractivity contribution in [2.75, 3.05) is 5.32 Å². The van der Waals surface area contributed by atoms with Gasteiger partial charge < -0.3 is 5.32 Å². The van der Waals surface area contributed by atoms with Crippen LogP contribution in [0.2, 0.25) is 4.34 Å². The van der Waals surface area contributed by atoms with Gasteiger partial charge in [0.05, 0.1) is 4.34 Å². The first-order valence-electron chi connectivity index (χ1n) is 3.37. The van der Waals surface area contributed by atoms with Gasteiger partial charge in [0.15, 0.2) is 0 Å². The summed E-state index contributed by atoms with van der Waals surface area (Å²) in [6, 6.07) is 1.40. The fourth-order valence-corrected chi connectivity index (χ4v) is 3.75. The van der Waals surface area contributed by atoms with Gasteiger partial charge in [0, 0.05) is 0 Å². The van der Waals surface area contributed by atoms with Crippen LogP contribution in [0.15, 0.2) is 15.4 Å². The smallest absolute Gasteiger partial charge is 0.286 e. The van der Waals surface area contributed by atoms with Crippen molar-refractivity contribution in [2.24, 2.45) is 4.40 Å². The van der Waals surface area contributed by atoms with Crippen LogP contribution in [0.25, 0.3) is 0 Å². The Labute approximate surface area is 84.3 Å². The number of nitrogens with zero attached hydrogens (tertiary/aromatic N) is 1. The van der Waals surface area contributed by atoms with Crippen LogP contribution in [0.4, 0.5) is 5.00 Å². The van der Waals surface area contributed by atoms with Crippen LogP contribution in [0.5, 0.6) is 0 Å². The molecule has 4 nitrogen and oxygen atoms in total. The second kappa shape index (κ2) is 2.70. The lowest BCUT2D eigenvalue weighted by molar-refractivity contribution is 0.598. The largest absolute Gasteiger partial charge is 0.334 e. The predicted molar refractivity (Wildman–Crippen MR) is 53.2 cm³/mol. The zero-order valence-corrected chi connectivity index (χ0v) is 8.92. The van der Waals surface area contributed by atoms with Gasteiger partial charge >= 0.3 is 0 Å². The van der Waals surface area contributed by atoms with Crippen LogP contribution in [0.1, 0.15) is 6.92 Å². The highest BCUT2D eigenvalue weighted by Gasteiger charge is 2.25. The molecular formula is C6H5ClN2O2S2. The Balaban J connectivity index is 2.71. The van der Waals surface area contributed by atoms with Crippen molar-refractivity contribution >= 4 is 43.8 Å². The van der Waals surface area contributed by atoms with Crippen molar-refractivity contribution in [3.63, 3.8) is 0 Å². The molecule has 2 heterocycles. The highest BCUT2D eigenvalue weighted by molar-refractivity contribution is 7.90. The minimum atomic E-state index is -3.52. The summed E-state index contributed by atoms with van der Waals surface area (Å²) >= 11 is 6.88. The molecule has 0 saturated carbocycles. The minimum Gasteiger partial charge on any atom is -0.334 e. The Morgan fingerprint density at radius 1 is 1.62 bits per heavy atom. The van der Waals surface area contributed by atoms with E-state index in [9.17, 15) is 8.42 Å². The second-order valence-corrected chi connectivity index (χ2v) is 5.78. The maximum Gasteiger partial charge on any atom is 0.286 e. The molecular weight excluding hydrogens is 232 g/mol. The Morgan fingerprint density at radius 2 is 2.31 bits per heavy atom. The van der Waals surface area contributed by atoms with Crippen molar-refractivity contribution in [3.05, 3.63) is 10.4 Å². The van der Waals surface area contributed by atoms with Crippen molar-refractivity contribution in [3.8, 4) is 0 Å². The molecule has 0 fully saturated rings. The summed E-state index contributed by atoms with van der Waals surface area (Å²) in [4.78, 5) is 0.160. The van der Waals surface area contributed by atoms with Crippen LogP contribution in [0, 0.1) is 0 Å². The third kappa shape index (κ3) is 1.45. The number of nitrogens with one attached hydrogen (secondary N) is 1. The van der Waals surface area contributed by atoms with Crippen LogP contribution in [-0.4, -0.2) is 14.3 Å². The summed E-state index contributed by atoms with van der Waals surface area (Å²) in [5.74, 6) is 0.367. The molecule has 0 atom stereocenters. The van der Waals surface area contributed by atoms with Gasteiger partial charge in [0.2, 0.25) is 0 Å². The number of rotatable bonds is 0. The summed E-state index contributed by atoms with van der Waals surface area (Å²) < 4.78 is 26.8. The molecule has 7 heteroatoms. The first-order chi connectivity index (χ1) is 5.99. The molecule has 0 aromatic carbocycles. The van der Waals surface area contributed by atoms with E-state index in [0.717, 1.165) is 0 Å². The first-order valence-corrected chi connectivity index (χ1v) is 6.00. The standard InChI is InChI=1S/C6H5ClN2O2S2/c1-3-8-6-4(2-5(7)12-6)13(10,11)9-3/h2H,1H3,(H,8,9). The van der Waals surface area contributed by atoms with Gasteiger partial charge in [0.1, 0.15) is 15.7 Å². The number of amidine groups is 1. The quantitative estimate of drug-likeness (QED) is 0.749. The lowest BCUT2D eigenvalue weighted by Crippen LogP contribution is -2.16. The van der Waals surface area contributed by atoms with E-state index in [4.69, 9.17) is 11.6 Å². The summed E-state index contributed by atoms with van der Waals surface area (Å²) in [5, 5.41) is 3.38. The molecule has 0 aliphatic carbocycles. The zero-order valence-electron chi connectivity index (χ0n) is 6.54. The Morgan fingerprint density at radius 3 is 3.00 bits per heavy atom. The van der Waals surface area contributed by atoms with Crippen LogP contribution >= 0.6 is 22.9 Å². The highest BCUT2D eigenvalue weighted by atomic mass is 35.5. The van der Waals surface area contributed by atoms with E-state index < -0.39 is 10.0 Å². The highest BCUT2D eigenvalue weighted by Crippen LogP contribution is 2.37. The summed E-state index contributed by atoms with van der Waals surface area (Å²) in [5.41, 5.74) is 0.